The van der Waals surface area contributed by atoms with Crippen LogP contribution in [-0.2, 0) is 19.4 Å². The van der Waals surface area contributed by atoms with Crippen molar-refractivity contribution in [2.45, 2.75) is 32.4 Å². The maximum absolute atomic E-state index is 4.53. The molecule has 3 nitrogen and oxygen atoms in total. The highest BCUT2D eigenvalue weighted by Gasteiger charge is 2.31. The second kappa shape index (κ2) is 6.95. The molecule has 0 radical (unpaired) electrons. The predicted molar refractivity (Wildman–Crippen MR) is 112 cm³/mol. The fourth-order valence-corrected chi connectivity index (χ4v) is 4.92. The van der Waals surface area contributed by atoms with Crippen LogP contribution in [0.15, 0.2) is 60.1 Å². The zero-order valence-electron chi connectivity index (χ0n) is 15.5. The summed E-state index contributed by atoms with van der Waals surface area (Å²) in [6.45, 7) is 4.15. The Morgan fingerprint density at radius 1 is 1.15 bits per heavy atom. The van der Waals surface area contributed by atoms with Gasteiger partial charge in [0.15, 0.2) is 0 Å². The first-order chi connectivity index (χ1) is 13.3. The van der Waals surface area contributed by atoms with Crippen molar-refractivity contribution in [1.29, 1.82) is 0 Å². The van der Waals surface area contributed by atoms with E-state index in [-0.39, 0.29) is 6.04 Å². The van der Waals surface area contributed by atoms with Gasteiger partial charge in [-0.05, 0) is 35.6 Å². The van der Waals surface area contributed by atoms with E-state index in [4.69, 9.17) is 0 Å². The standard InChI is InChI=1S/C23H23N3S/c1-2-16-7-9-17(10-8-16)23-22-19(18-5-3-4-6-20(18)25-22)11-13-26(23)15-21-24-12-14-27-21/h3-10,12,14,23,25H,2,11,13,15H2,1H3. The Kier molecular flexibility index (Phi) is 4.30. The third-order valence-corrected chi connectivity index (χ3v) is 6.42. The van der Waals surface area contributed by atoms with Gasteiger partial charge in [0.25, 0.3) is 0 Å². The molecule has 1 unspecified atom stereocenters. The van der Waals surface area contributed by atoms with Crippen LogP contribution < -0.4 is 0 Å². The van der Waals surface area contributed by atoms with E-state index in [0.29, 0.717) is 0 Å². The quantitative estimate of drug-likeness (QED) is 0.524. The zero-order valence-corrected chi connectivity index (χ0v) is 16.3. The molecule has 2 aromatic carbocycles. The summed E-state index contributed by atoms with van der Waals surface area (Å²) in [6.07, 6.45) is 4.06. The van der Waals surface area contributed by atoms with Crippen LogP contribution in [0.2, 0.25) is 0 Å². The second-order valence-electron chi connectivity index (χ2n) is 7.21. The largest absolute Gasteiger partial charge is 0.357 e. The lowest BCUT2D eigenvalue weighted by atomic mass is 9.92. The number of hydrogen-bond acceptors (Lipinski definition) is 3. The molecule has 1 aliphatic rings. The number of aryl methyl sites for hydroxylation is 1. The Hall–Kier alpha value is -2.43. The SMILES string of the molecule is CCc1ccc(C2c3[nH]c4ccccc4c3CCN2Cc2nccs2)cc1. The number of nitrogens with zero attached hydrogens (tertiary/aromatic N) is 2. The van der Waals surface area contributed by atoms with Gasteiger partial charge in [-0.25, -0.2) is 4.98 Å². The van der Waals surface area contributed by atoms with Crippen LogP contribution >= 0.6 is 11.3 Å². The molecular weight excluding hydrogens is 350 g/mol. The first-order valence-electron chi connectivity index (χ1n) is 9.64. The molecule has 0 fully saturated rings. The lowest BCUT2D eigenvalue weighted by Crippen LogP contribution is -2.35. The van der Waals surface area contributed by atoms with E-state index in [1.807, 2.05) is 6.20 Å². The molecule has 0 saturated heterocycles. The van der Waals surface area contributed by atoms with Crippen LogP contribution in [0, 0.1) is 0 Å². The van der Waals surface area contributed by atoms with Gasteiger partial charge in [0.05, 0.1) is 12.6 Å². The number of hydrogen-bond donors (Lipinski definition) is 1. The Morgan fingerprint density at radius 2 is 2.00 bits per heavy atom. The Balaban J connectivity index is 1.62. The number of aromatic amines is 1. The summed E-state index contributed by atoms with van der Waals surface area (Å²) in [5.41, 5.74) is 6.82. The average Bonchev–Trinajstić information content (AvgIpc) is 3.35. The summed E-state index contributed by atoms with van der Waals surface area (Å²) >= 11 is 1.74. The van der Waals surface area contributed by atoms with Crippen molar-refractivity contribution in [2.24, 2.45) is 0 Å². The Labute approximate surface area is 163 Å². The summed E-state index contributed by atoms with van der Waals surface area (Å²) in [5.74, 6) is 0. The number of nitrogens with one attached hydrogen (secondary N) is 1. The van der Waals surface area contributed by atoms with E-state index in [9.17, 15) is 0 Å². The molecule has 136 valence electrons. The lowest BCUT2D eigenvalue weighted by molar-refractivity contribution is 0.202. The van der Waals surface area contributed by atoms with Gasteiger partial charge in [-0.2, -0.15) is 0 Å². The molecular formula is C23H23N3S. The molecule has 0 amide bonds. The third-order valence-electron chi connectivity index (χ3n) is 5.66. The van der Waals surface area contributed by atoms with E-state index in [1.165, 1.54) is 38.3 Å². The van der Waals surface area contributed by atoms with E-state index in [0.717, 1.165) is 25.9 Å². The topological polar surface area (TPSA) is 31.9 Å². The van der Waals surface area contributed by atoms with Crippen LogP contribution in [0.3, 0.4) is 0 Å². The zero-order chi connectivity index (χ0) is 18.2. The molecule has 1 N–H and O–H groups in total. The molecule has 0 bridgehead atoms. The molecule has 4 aromatic rings. The number of aromatic nitrogens is 2. The number of thiazole rings is 1. The van der Waals surface area contributed by atoms with Crippen molar-refractivity contribution in [3.8, 4) is 0 Å². The van der Waals surface area contributed by atoms with Crippen LogP contribution in [0.25, 0.3) is 10.9 Å². The first kappa shape index (κ1) is 16.7. The molecule has 27 heavy (non-hydrogen) atoms. The maximum atomic E-state index is 4.53. The normalized spacial score (nSPS) is 17.3. The number of para-hydroxylation sites is 1. The summed E-state index contributed by atoms with van der Waals surface area (Å²) in [6, 6.07) is 18.1. The minimum absolute atomic E-state index is 0.246. The Morgan fingerprint density at radius 3 is 2.78 bits per heavy atom. The number of rotatable bonds is 4. The van der Waals surface area contributed by atoms with Crippen molar-refractivity contribution in [1.82, 2.24) is 14.9 Å². The van der Waals surface area contributed by atoms with Crippen LogP contribution in [0.4, 0.5) is 0 Å². The first-order valence-corrected chi connectivity index (χ1v) is 10.5. The average molecular weight is 374 g/mol. The Bertz CT molecular complexity index is 1050. The molecule has 0 saturated carbocycles. The molecule has 4 heteroatoms. The molecule has 3 heterocycles. The van der Waals surface area contributed by atoms with Gasteiger partial charge in [0.1, 0.15) is 5.01 Å². The minimum atomic E-state index is 0.246. The molecule has 1 aliphatic heterocycles. The van der Waals surface area contributed by atoms with Gasteiger partial charge in [0.2, 0.25) is 0 Å². The number of fused-ring (bicyclic) bond motifs is 3. The van der Waals surface area contributed by atoms with Gasteiger partial charge < -0.3 is 4.98 Å². The van der Waals surface area contributed by atoms with Gasteiger partial charge in [-0.1, -0.05) is 49.4 Å². The highest BCUT2D eigenvalue weighted by Crippen LogP contribution is 2.39. The fourth-order valence-electron chi connectivity index (χ4n) is 4.28. The van der Waals surface area contributed by atoms with Crippen LogP contribution in [0.1, 0.15) is 40.4 Å². The van der Waals surface area contributed by atoms with Gasteiger partial charge in [0, 0.05) is 34.7 Å². The van der Waals surface area contributed by atoms with Gasteiger partial charge in [-0.15, -0.1) is 11.3 Å². The van der Waals surface area contributed by atoms with Crippen molar-refractivity contribution < 1.29 is 0 Å². The highest BCUT2D eigenvalue weighted by molar-refractivity contribution is 7.09. The predicted octanol–water partition coefficient (Wildman–Crippen LogP) is 5.33. The van der Waals surface area contributed by atoms with Crippen molar-refractivity contribution in [2.75, 3.05) is 6.54 Å². The second-order valence-corrected chi connectivity index (χ2v) is 8.19. The lowest BCUT2D eigenvalue weighted by Gasteiger charge is -2.35. The number of benzene rings is 2. The van der Waals surface area contributed by atoms with Crippen molar-refractivity contribution >= 4 is 22.2 Å². The summed E-state index contributed by atoms with van der Waals surface area (Å²) in [7, 11) is 0. The maximum Gasteiger partial charge on any atom is 0.107 e. The summed E-state index contributed by atoms with van der Waals surface area (Å²) in [5, 5.41) is 4.62. The van der Waals surface area contributed by atoms with Crippen molar-refractivity contribution in [3.63, 3.8) is 0 Å². The van der Waals surface area contributed by atoms with E-state index >= 15 is 0 Å². The van der Waals surface area contributed by atoms with Crippen LogP contribution in [0.5, 0.6) is 0 Å². The van der Waals surface area contributed by atoms with E-state index < -0.39 is 0 Å². The summed E-state index contributed by atoms with van der Waals surface area (Å²) in [4.78, 5) is 10.8. The monoisotopic (exact) mass is 373 g/mol. The molecule has 1 atom stereocenters. The smallest absolute Gasteiger partial charge is 0.107 e. The van der Waals surface area contributed by atoms with Crippen molar-refractivity contribution in [3.05, 3.63) is 87.5 Å². The summed E-state index contributed by atoms with van der Waals surface area (Å²) < 4.78 is 0. The highest BCUT2D eigenvalue weighted by atomic mass is 32.1. The van der Waals surface area contributed by atoms with E-state index in [1.54, 1.807) is 11.3 Å². The molecule has 0 spiro atoms. The van der Waals surface area contributed by atoms with Crippen LogP contribution in [-0.4, -0.2) is 21.4 Å². The minimum Gasteiger partial charge on any atom is -0.357 e. The molecule has 0 aliphatic carbocycles. The fraction of sp³-hybridized carbons (Fsp3) is 0.261. The third kappa shape index (κ3) is 2.99. The van der Waals surface area contributed by atoms with Gasteiger partial charge in [-0.3, -0.25) is 4.90 Å². The number of H-pyrrole nitrogens is 1. The molecule has 5 rings (SSSR count). The van der Waals surface area contributed by atoms with Gasteiger partial charge >= 0.3 is 0 Å². The van der Waals surface area contributed by atoms with E-state index in [2.05, 4.69) is 75.7 Å². The molecule has 2 aromatic heterocycles.